The number of aromatic nitrogens is 1. The molecule has 6 heteroatoms. The van der Waals surface area contributed by atoms with E-state index < -0.39 is 6.10 Å². The highest BCUT2D eigenvalue weighted by Gasteiger charge is 2.20. The van der Waals surface area contributed by atoms with Crippen LogP contribution in [0.25, 0.3) is 10.9 Å². The highest BCUT2D eigenvalue weighted by atomic mass is 16.5. The van der Waals surface area contributed by atoms with Crippen LogP contribution in [0, 0.1) is 6.92 Å². The van der Waals surface area contributed by atoms with Crippen LogP contribution in [0.1, 0.15) is 36.8 Å². The van der Waals surface area contributed by atoms with Gasteiger partial charge in [0.1, 0.15) is 18.5 Å². The highest BCUT2D eigenvalue weighted by Crippen LogP contribution is 2.29. The number of likely N-dealkylation sites (N-methyl/N-ethyl adjacent to an activating group) is 1. The number of hydrogen-bond acceptors (Lipinski definition) is 5. The third-order valence-corrected chi connectivity index (χ3v) is 4.75. The number of benzene rings is 1. The Kier molecular flexibility index (Phi) is 7.06. The topological polar surface area (TPSA) is 63.9 Å². The summed E-state index contributed by atoms with van der Waals surface area (Å²) in [5, 5.41) is 11.0. The van der Waals surface area contributed by atoms with E-state index in [0.717, 1.165) is 29.7 Å². The summed E-state index contributed by atoms with van der Waals surface area (Å²) in [6, 6.07) is 5.64. The van der Waals surface area contributed by atoms with Crippen molar-refractivity contribution < 1.29 is 19.4 Å². The van der Waals surface area contributed by atoms with Crippen LogP contribution in [0.5, 0.6) is 5.75 Å². The van der Waals surface area contributed by atoms with Gasteiger partial charge in [0.15, 0.2) is 0 Å². The van der Waals surface area contributed by atoms with Gasteiger partial charge in [0.2, 0.25) is 0 Å². The minimum absolute atomic E-state index is 0.211. The van der Waals surface area contributed by atoms with Gasteiger partial charge in [-0.1, -0.05) is 13.8 Å². The molecule has 0 aliphatic rings. The van der Waals surface area contributed by atoms with E-state index in [0.29, 0.717) is 24.5 Å². The Labute approximate surface area is 155 Å². The summed E-state index contributed by atoms with van der Waals surface area (Å²) in [5.74, 6) is 0.307. The molecule has 0 bridgehead atoms. The summed E-state index contributed by atoms with van der Waals surface area (Å²) in [5.41, 5.74) is 2.37. The Morgan fingerprint density at radius 1 is 1.27 bits per heavy atom. The van der Waals surface area contributed by atoms with E-state index in [1.807, 2.05) is 36.7 Å². The number of fused-ring (bicyclic) bond motifs is 1. The molecule has 0 aliphatic carbocycles. The van der Waals surface area contributed by atoms with E-state index in [9.17, 15) is 9.90 Å². The first kappa shape index (κ1) is 20.3. The molecule has 0 saturated carbocycles. The summed E-state index contributed by atoms with van der Waals surface area (Å²) in [4.78, 5) is 14.5. The van der Waals surface area contributed by atoms with Gasteiger partial charge in [-0.2, -0.15) is 0 Å². The lowest BCUT2D eigenvalue weighted by molar-refractivity contribution is 0.0527. The Morgan fingerprint density at radius 3 is 2.58 bits per heavy atom. The molecule has 1 atom stereocenters. The number of rotatable bonds is 9. The summed E-state index contributed by atoms with van der Waals surface area (Å²) >= 11 is 0. The van der Waals surface area contributed by atoms with Gasteiger partial charge >= 0.3 is 5.97 Å². The van der Waals surface area contributed by atoms with E-state index in [4.69, 9.17) is 9.47 Å². The number of aliphatic hydroxyl groups excluding tert-OH is 1. The van der Waals surface area contributed by atoms with Crippen LogP contribution in [0.2, 0.25) is 0 Å². The quantitative estimate of drug-likeness (QED) is 0.695. The first-order chi connectivity index (χ1) is 12.4. The normalized spacial score (nSPS) is 12.6. The minimum atomic E-state index is -0.562. The van der Waals surface area contributed by atoms with Crippen molar-refractivity contribution in [3.63, 3.8) is 0 Å². The maximum absolute atomic E-state index is 12.3. The first-order valence-electron chi connectivity index (χ1n) is 9.22. The van der Waals surface area contributed by atoms with E-state index in [2.05, 4.69) is 18.7 Å². The molecule has 6 nitrogen and oxygen atoms in total. The number of nitrogens with zero attached hydrogens (tertiary/aromatic N) is 2. The molecule has 0 saturated heterocycles. The number of esters is 1. The zero-order valence-corrected chi connectivity index (χ0v) is 16.4. The molecule has 0 radical (unpaired) electrons. The van der Waals surface area contributed by atoms with Crippen molar-refractivity contribution in [3.05, 3.63) is 29.5 Å². The molecule has 0 spiro atoms. The third-order valence-electron chi connectivity index (χ3n) is 4.75. The van der Waals surface area contributed by atoms with Crippen LogP contribution >= 0.6 is 0 Å². The monoisotopic (exact) mass is 362 g/mol. The molecule has 0 unspecified atom stereocenters. The highest BCUT2D eigenvalue weighted by molar-refractivity contribution is 6.06. The maximum atomic E-state index is 12.3. The molecule has 0 aliphatic heterocycles. The van der Waals surface area contributed by atoms with Crippen molar-refractivity contribution in [2.45, 2.75) is 33.8 Å². The Bertz CT molecular complexity index is 750. The molecule has 2 aromatic rings. The lowest BCUT2D eigenvalue weighted by Crippen LogP contribution is -2.35. The van der Waals surface area contributed by atoms with Gasteiger partial charge < -0.3 is 24.0 Å². The van der Waals surface area contributed by atoms with E-state index >= 15 is 0 Å². The van der Waals surface area contributed by atoms with E-state index in [-0.39, 0.29) is 12.6 Å². The van der Waals surface area contributed by atoms with Crippen molar-refractivity contribution in [2.24, 2.45) is 7.05 Å². The van der Waals surface area contributed by atoms with Crippen LogP contribution in [0.3, 0.4) is 0 Å². The van der Waals surface area contributed by atoms with Crippen LogP contribution in [0.15, 0.2) is 18.2 Å². The average molecular weight is 362 g/mol. The van der Waals surface area contributed by atoms with E-state index in [1.54, 1.807) is 6.92 Å². The van der Waals surface area contributed by atoms with Crippen LogP contribution in [-0.2, 0) is 11.8 Å². The summed E-state index contributed by atoms with van der Waals surface area (Å²) < 4.78 is 12.9. The zero-order valence-electron chi connectivity index (χ0n) is 16.4. The number of carbonyl (C=O) groups is 1. The largest absolute Gasteiger partial charge is 0.491 e. The number of ether oxygens (including phenoxy) is 2. The van der Waals surface area contributed by atoms with Crippen LogP contribution in [0.4, 0.5) is 0 Å². The Morgan fingerprint density at radius 2 is 1.96 bits per heavy atom. The zero-order chi connectivity index (χ0) is 19.3. The molecule has 144 valence electrons. The summed E-state index contributed by atoms with van der Waals surface area (Å²) in [6.45, 7) is 10.8. The fourth-order valence-electron chi connectivity index (χ4n) is 3.13. The predicted octanol–water partition coefficient (Wildman–Crippen LogP) is 2.74. The van der Waals surface area contributed by atoms with Gasteiger partial charge in [-0.3, -0.25) is 0 Å². The maximum Gasteiger partial charge on any atom is 0.340 e. The fraction of sp³-hybridized carbons (Fsp3) is 0.550. The van der Waals surface area contributed by atoms with Crippen molar-refractivity contribution in [1.82, 2.24) is 9.47 Å². The number of carbonyl (C=O) groups excluding carboxylic acids is 1. The molecule has 1 heterocycles. The molecule has 26 heavy (non-hydrogen) atoms. The van der Waals surface area contributed by atoms with Gasteiger partial charge in [-0.25, -0.2) is 4.79 Å². The van der Waals surface area contributed by atoms with Crippen molar-refractivity contribution in [1.29, 1.82) is 0 Å². The Balaban J connectivity index is 2.20. The lowest BCUT2D eigenvalue weighted by Gasteiger charge is -2.21. The third kappa shape index (κ3) is 4.37. The van der Waals surface area contributed by atoms with Gasteiger partial charge in [-0.05, 0) is 45.1 Å². The number of aliphatic hydroxyl groups is 1. The number of aryl methyl sites for hydroxylation is 1. The lowest BCUT2D eigenvalue weighted by atomic mass is 10.1. The Hall–Kier alpha value is -2.05. The average Bonchev–Trinajstić information content (AvgIpc) is 2.88. The van der Waals surface area contributed by atoms with Gasteiger partial charge in [0.25, 0.3) is 0 Å². The second kappa shape index (κ2) is 9.05. The second-order valence-electron chi connectivity index (χ2n) is 6.37. The molecule has 1 N–H and O–H groups in total. The van der Waals surface area contributed by atoms with Crippen molar-refractivity contribution in [3.8, 4) is 5.75 Å². The smallest absolute Gasteiger partial charge is 0.340 e. The number of hydrogen-bond donors (Lipinski definition) is 1. The SMILES string of the molecule is CCOC(=O)c1c(C)n(C)c2ccc(OC[C@H](O)CN(CC)CC)cc12. The van der Waals surface area contributed by atoms with Gasteiger partial charge in [0.05, 0.1) is 12.2 Å². The second-order valence-corrected chi connectivity index (χ2v) is 6.37. The minimum Gasteiger partial charge on any atom is -0.491 e. The standard InChI is InChI=1S/C20H30N2O4/c1-6-22(7-2)12-15(23)13-26-16-9-10-18-17(11-16)19(14(4)21(18)5)20(24)25-8-3/h9-11,15,23H,6-8,12-13H2,1-5H3/t15-/m1/s1. The first-order valence-corrected chi connectivity index (χ1v) is 9.22. The molecule has 0 amide bonds. The molecule has 2 rings (SSSR count). The summed E-state index contributed by atoms with van der Waals surface area (Å²) in [6.07, 6.45) is -0.562. The summed E-state index contributed by atoms with van der Waals surface area (Å²) in [7, 11) is 1.93. The van der Waals surface area contributed by atoms with Crippen molar-refractivity contribution in [2.75, 3.05) is 32.8 Å². The molecular formula is C20H30N2O4. The van der Waals surface area contributed by atoms with Gasteiger partial charge in [0, 0.05) is 30.2 Å². The fourth-order valence-corrected chi connectivity index (χ4v) is 3.13. The van der Waals surface area contributed by atoms with Crippen LogP contribution < -0.4 is 4.74 Å². The molecular weight excluding hydrogens is 332 g/mol. The molecule has 0 fully saturated rings. The predicted molar refractivity (Wildman–Crippen MR) is 103 cm³/mol. The van der Waals surface area contributed by atoms with Gasteiger partial charge in [-0.15, -0.1) is 0 Å². The molecule has 1 aromatic heterocycles. The van der Waals surface area contributed by atoms with Crippen molar-refractivity contribution >= 4 is 16.9 Å². The molecule has 1 aromatic carbocycles. The van der Waals surface area contributed by atoms with E-state index in [1.165, 1.54) is 0 Å². The van der Waals surface area contributed by atoms with Crippen LogP contribution in [-0.4, -0.2) is 59.5 Å².